The first-order valence-corrected chi connectivity index (χ1v) is 7.29. The van der Waals surface area contributed by atoms with Crippen molar-refractivity contribution in [3.63, 3.8) is 0 Å². The van der Waals surface area contributed by atoms with Crippen molar-refractivity contribution in [2.45, 2.75) is 38.9 Å². The Labute approximate surface area is 128 Å². The van der Waals surface area contributed by atoms with E-state index in [1.807, 2.05) is 25.1 Å². The molecule has 0 aromatic heterocycles. The van der Waals surface area contributed by atoms with Gasteiger partial charge in [-0.25, -0.2) is 0 Å². The van der Waals surface area contributed by atoms with Crippen LogP contribution in [0.2, 0.25) is 0 Å². The Morgan fingerprint density at radius 2 is 2.09 bits per heavy atom. The van der Waals surface area contributed by atoms with Crippen LogP contribution in [-0.2, 0) is 4.79 Å². The maximum Gasteiger partial charge on any atom is 0.393 e. The van der Waals surface area contributed by atoms with Crippen molar-refractivity contribution >= 4 is 11.6 Å². The Kier molecular flexibility index (Phi) is 4.52. The largest absolute Gasteiger partial charge is 0.393 e. The van der Waals surface area contributed by atoms with Crippen LogP contribution in [0.3, 0.4) is 0 Å². The first-order chi connectivity index (χ1) is 10.1. The van der Waals surface area contributed by atoms with Crippen LogP contribution in [0, 0.1) is 12.8 Å². The Morgan fingerprint density at radius 1 is 1.41 bits per heavy atom. The van der Waals surface area contributed by atoms with Crippen molar-refractivity contribution in [1.82, 2.24) is 4.90 Å². The van der Waals surface area contributed by atoms with Crippen LogP contribution in [0.1, 0.15) is 25.8 Å². The van der Waals surface area contributed by atoms with Crippen molar-refractivity contribution < 1.29 is 18.0 Å². The summed E-state index contributed by atoms with van der Waals surface area (Å²) in [5.74, 6) is -1.69. The molecule has 0 radical (unpaired) electrons. The number of amides is 1. The lowest BCUT2D eigenvalue weighted by Crippen LogP contribution is -2.49. The van der Waals surface area contributed by atoms with E-state index in [1.165, 1.54) is 0 Å². The number of likely N-dealkylation sites (tertiary alicyclic amines) is 1. The predicted molar refractivity (Wildman–Crippen MR) is 79.6 cm³/mol. The summed E-state index contributed by atoms with van der Waals surface area (Å²) in [5.41, 5.74) is 0.605. The van der Waals surface area contributed by atoms with E-state index in [0.29, 0.717) is 5.69 Å². The SMILES string of the molecule is Cc1cccc(NC(=O)CN2CCC(C(F)(F)F)C2(C)C)c1. The molecule has 0 saturated carbocycles. The molecule has 1 aliphatic heterocycles. The van der Waals surface area contributed by atoms with Gasteiger partial charge in [0.2, 0.25) is 5.91 Å². The van der Waals surface area contributed by atoms with Gasteiger partial charge in [-0.1, -0.05) is 12.1 Å². The van der Waals surface area contributed by atoms with Crippen LogP contribution in [0.25, 0.3) is 0 Å². The van der Waals surface area contributed by atoms with Gasteiger partial charge in [-0.2, -0.15) is 13.2 Å². The van der Waals surface area contributed by atoms with Gasteiger partial charge in [-0.3, -0.25) is 9.69 Å². The minimum Gasteiger partial charge on any atom is -0.325 e. The number of halogens is 3. The zero-order chi connectivity index (χ0) is 16.5. The molecule has 1 aliphatic rings. The molecule has 6 heteroatoms. The van der Waals surface area contributed by atoms with Gasteiger partial charge >= 0.3 is 6.18 Å². The van der Waals surface area contributed by atoms with Crippen molar-refractivity contribution in [3.8, 4) is 0 Å². The molecule has 1 heterocycles. The quantitative estimate of drug-likeness (QED) is 0.924. The summed E-state index contributed by atoms with van der Waals surface area (Å²) < 4.78 is 39.1. The van der Waals surface area contributed by atoms with Crippen molar-refractivity contribution in [1.29, 1.82) is 0 Å². The minimum atomic E-state index is -4.23. The number of nitrogens with zero attached hydrogens (tertiary/aromatic N) is 1. The summed E-state index contributed by atoms with van der Waals surface area (Å²) >= 11 is 0. The maximum atomic E-state index is 13.0. The van der Waals surface area contributed by atoms with E-state index in [0.717, 1.165) is 5.56 Å². The average molecular weight is 314 g/mol. The highest BCUT2D eigenvalue weighted by Gasteiger charge is 2.54. The molecule has 1 N–H and O–H groups in total. The first-order valence-electron chi connectivity index (χ1n) is 7.29. The summed E-state index contributed by atoms with van der Waals surface area (Å²) in [7, 11) is 0. The minimum absolute atomic E-state index is 0.0342. The Hall–Kier alpha value is -1.56. The second-order valence-corrected chi connectivity index (χ2v) is 6.38. The van der Waals surface area contributed by atoms with Gasteiger partial charge in [-0.15, -0.1) is 0 Å². The highest BCUT2D eigenvalue weighted by molar-refractivity contribution is 5.92. The summed E-state index contributed by atoms with van der Waals surface area (Å²) in [5, 5.41) is 2.74. The number of rotatable bonds is 3. The van der Waals surface area contributed by atoms with Crippen LogP contribution >= 0.6 is 0 Å². The molecule has 1 fully saturated rings. The monoisotopic (exact) mass is 314 g/mol. The molecule has 22 heavy (non-hydrogen) atoms. The van der Waals surface area contributed by atoms with Gasteiger partial charge < -0.3 is 5.32 Å². The molecule has 0 bridgehead atoms. The molecule has 0 spiro atoms. The van der Waals surface area contributed by atoms with E-state index >= 15 is 0 Å². The van der Waals surface area contributed by atoms with Gasteiger partial charge in [0.1, 0.15) is 0 Å². The number of benzene rings is 1. The number of nitrogens with one attached hydrogen (secondary N) is 1. The van der Waals surface area contributed by atoms with Crippen molar-refractivity contribution in [2.75, 3.05) is 18.4 Å². The molecule has 1 atom stereocenters. The summed E-state index contributed by atoms with van der Waals surface area (Å²) in [6, 6.07) is 7.32. The number of aryl methyl sites for hydroxylation is 1. The normalized spacial score (nSPS) is 21.8. The van der Waals surface area contributed by atoms with Gasteiger partial charge in [0.05, 0.1) is 12.5 Å². The lowest BCUT2D eigenvalue weighted by Gasteiger charge is -2.36. The molecule has 0 aliphatic carbocycles. The summed E-state index contributed by atoms with van der Waals surface area (Å²) in [4.78, 5) is 13.7. The lowest BCUT2D eigenvalue weighted by atomic mass is 9.88. The zero-order valence-electron chi connectivity index (χ0n) is 13.0. The van der Waals surface area contributed by atoms with Crippen LogP contribution in [0.5, 0.6) is 0 Å². The van der Waals surface area contributed by atoms with Crippen LogP contribution < -0.4 is 5.32 Å². The van der Waals surface area contributed by atoms with Crippen LogP contribution in [0.15, 0.2) is 24.3 Å². The summed E-state index contributed by atoms with van der Waals surface area (Å²) in [6.07, 6.45) is -4.19. The molecule has 2 rings (SSSR count). The van der Waals surface area contributed by atoms with Gasteiger partial charge in [0.25, 0.3) is 0 Å². The number of carbonyl (C=O) groups excluding carboxylic acids is 1. The number of anilines is 1. The molecule has 1 saturated heterocycles. The molecular formula is C16H21F3N2O. The van der Waals surface area contributed by atoms with E-state index in [-0.39, 0.29) is 25.4 Å². The van der Waals surface area contributed by atoms with Gasteiger partial charge in [-0.05, 0) is 51.4 Å². The number of hydrogen-bond acceptors (Lipinski definition) is 2. The molecule has 3 nitrogen and oxygen atoms in total. The fourth-order valence-corrected chi connectivity index (χ4v) is 3.09. The highest BCUT2D eigenvalue weighted by Crippen LogP contribution is 2.44. The lowest BCUT2D eigenvalue weighted by molar-refractivity contribution is -0.191. The third-order valence-electron chi connectivity index (χ3n) is 4.39. The fraction of sp³-hybridized carbons (Fsp3) is 0.562. The van der Waals surface area contributed by atoms with Gasteiger partial charge in [0, 0.05) is 11.2 Å². The van der Waals surface area contributed by atoms with E-state index in [4.69, 9.17) is 0 Å². The van der Waals surface area contributed by atoms with E-state index in [1.54, 1.807) is 24.8 Å². The Balaban J connectivity index is 2.00. The summed E-state index contributed by atoms with van der Waals surface area (Å²) in [6.45, 7) is 5.26. The van der Waals surface area contributed by atoms with Crippen LogP contribution in [0.4, 0.5) is 18.9 Å². The average Bonchev–Trinajstić information content (AvgIpc) is 2.64. The number of carbonyl (C=O) groups is 1. The molecule has 1 aromatic carbocycles. The second-order valence-electron chi connectivity index (χ2n) is 6.38. The van der Waals surface area contributed by atoms with E-state index < -0.39 is 17.6 Å². The molecule has 122 valence electrons. The smallest absolute Gasteiger partial charge is 0.325 e. The maximum absolute atomic E-state index is 13.0. The van der Waals surface area contributed by atoms with Gasteiger partial charge in [0.15, 0.2) is 0 Å². The van der Waals surface area contributed by atoms with Crippen molar-refractivity contribution in [3.05, 3.63) is 29.8 Å². The van der Waals surface area contributed by atoms with Crippen molar-refractivity contribution in [2.24, 2.45) is 5.92 Å². The molecule has 1 amide bonds. The fourth-order valence-electron chi connectivity index (χ4n) is 3.09. The third-order valence-corrected chi connectivity index (χ3v) is 4.39. The number of hydrogen-bond donors (Lipinski definition) is 1. The second kappa shape index (κ2) is 5.91. The number of alkyl halides is 3. The molecular weight excluding hydrogens is 293 g/mol. The predicted octanol–water partition coefficient (Wildman–Crippen LogP) is 3.60. The molecule has 1 unspecified atom stereocenters. The van der Waals surface area contributed by atoms with Crippen LogP contribution in [-0.4, -0.2) is 35.6 Å². The van der Waals surface area contributed by atoms with E-state index in [2.05, 4.69) is 5.32 Å². The topological polar surface area (TPSA) is 32.3 Å². The first kappa shape index (κ1) is 16.8. The van der Waals surface area contributed by atoms with E-state index in [9.17, 15) is 18.0 Å². The Bertz CT molecular complexity index is 555. The standard InChI is InChI=1S/C16H21F3N2O/c1-11-5-4-6-12(9-11)20-14(22)10-21-8-7-13(15(21,2)3)16(17,18)19/h4-6,9,13H,7-8,10H2,1-3H3,(H,20,22). The molecule has 1 aromatic rings. The highest BCUT2D eigenvalue weighted by atomic mass is 19.4. The zero-order valence-corrected chi connectivity index (χ0v) is 13.0. The Morgan fingerprint density at radius 3 is 2.64 bits per heavy atom. The third kappa shape index (κ3) is 3.61.